The van der Waals surface area contributed by atoms with E-state index < -0.39 is 0 Å². The summed E-state index contributed by atoms with van der Waals surface area (Å²) in [6.07, 6.45) is 2.88. The number of anilines is 1. The Kier molecular flexibility index (Phi) is 4.98. The second-order valence-electron chi connectivity index (χ2n) is 5.59. The van der Waals surface area contributed by atoms with Gasteiger partial charge in [0.2, 0.25) is 0 Å². The molecule has 2 aromatic rings. The molecule has 114 valence electrons. The fourth-order valence-electron chi connectivity index (χ4n) is 2.24. The number of halogens is 1. The lowest BCUT2D eigenvalue weighted by atomic mass is 10.1. The van der Waals surface area contributed by atoms with Gasteiger partial charge < -0.3 is 5.32 Å². The first-order valence-electron chi connectivity index (χ1n) is 7.23. The van der Waals surface area contributed by atoms with Crippen LogP contribution in [0.1, 0.15) is 32.2 Å². The van der Waals surface area contributed by atoms with E-state index in [-0.39, 0.29) is 0 Å². The molecular formula is C15H22BrN5. The van der Waals surface area contributed by atoms with Gasteiger partial charge in [-0.1, -0.05) is 13.8 Å². The maximum Gasteiger partial charge on any atom is 0.165 e. The van der Waals surface area contributed by atoms with Crippen molar-refractivity contribution in [3.8, 4) is 11.4 Å². The molecule has 0 unspecified atom stereocenters. The van der Waals surface area contributed by atoms with Gasteiger partial charge in [0.05, 0.1) is 21.4 Å². The van der Waals surface area contributed by atoms with E-state index in [2.05, 4.69) is 52.1 Å². The topological polar surface area (TPSA) is 55.6 Å². The molecule has 2 rings (SSSR count). The maximum atomic E-state index is 4.75. The quantitative estimate of drug-likeness (QED) is 0.894. The highest BCUT2D eigenvalue weighted by Crippen LogP contribution is 2.29. The van der Waals surface area contributed by atoms with Gasteiger partial charge in [-0.25, -0.2) is 9.97 Å². The molecule has 0 amide bonds. The van der Waals surface area contributed by atoms with E-state index in [1.165, 1.54) is 0 Å². The molecule has 0 fully saturated rings. The van der Waals surface area contributed by atoms with Crippen LogP contribution < -0.4 is 5.32 Å². The van der Waals surface area contributed by atoms with Crippen molar-refractivity contribution in [2.45, 2.75) is 34.1 Å². The lowest BCUT2D eigenvalue weighted by Gasteiger charge is -2.13. The molecule has 0 aliphatic carbocycles. The summed E-state index contributed by atoms with van der Waals surface area (Å²) in [6, 6.07) is 0. The molecule has 2 aromatic heterocycles. The van der Waals surface area contributed by atoms with Gasteiger partial charge >= 0.3 is 0 Å². The SMILES string of the molecule is CCNc1nc(-c2cn(C)nc2C)nc(CC(C)C)c1Br. The Hall–Kier alpha value is -1.43. The van der Waals surface area contributed by atoms with Gasteiger partial charge in [-0.3, -0.25) is 4.68 Å². The Bertz CT molecular complexity index is 633. The first-order valence-corrected chi connectivity index (χ1v) is 8.02. The van der Waals surface area contributed by atoms with Crippen molar-refractivity contribution in [1.29, 1.82) is 0 Å². The Balaban J connectivity index is 2.55. The third kappa shape index (κ3) is 3.61. The van der Waals surface area contributed by atoms with E-state index in [1.54, 1.807) is 4.68 Å². The minimum absolute atomic E-state index is 0.536. The van der Waals surface area contributed by atoms with E-state index in [4.69, 9.17) is 4.98 Å². The van der Waals surface area contributed by atoms with Crippen LogP contribution in [-0.2, 0) is 13.5 Å². The Morgan fingerprint density at radius 1 is 1.33 bits per heavy atom. The van der Waals surface area contributed by atoms with Crippen LogP contribution in [0.15, 0.2) is 10.7 Å². The maximum absolute atomic E-state index is 4.75. The predicted octanol–water partition coefficient (Wildman–Crippen LogP) is 3.58. The van der Waals surface area contributed by atoms with Crippen molar-refractivity contribution < 1.29 is 0 Å². The molecule has 6 heteroatoms. The summed E-state index contributed by atoms with van der Waals surface area (Å²) < 4.78 is 2.76. The highest BCUT2D eigenvalue weighted by molar-refractivity contribution is 9.10. The van der Waals surface area contributed by atoms with Crippen LogP contribution >= 0.6 is 15.9 Å². The van der Waals surface area contributed by atoms with Crippen LogP contribution in [0, 0.1) is 12.8 Å². The Labute approximate surface area is 134 Å². The molecule has 1 N–H and O–H groups in total. The molecule has 21 heavy (non-hydrogen) atoms. The first-order chi connectivity index (χ1) is 9.92. The van der Waals surface area contributed by atoms with E-state index in [1.807, 2.05) is 20.2 Å². The fourth-order valence-corrected chi connectivity index (χ4v) is 2.72. The lowest BCUT2D eigenvalue weighted by molar-refractivity contribution is 0.632. The first kappa shape index (κ1) is 15.9. The second-order valence-corrected chi connectivity index (χ2v) is 6.38. The molecule has 0 saturated heterocycles. The summed E-state index contributed by atoms with van der Waals surface area (Å²) >= 11 is 3.63. The molecule has 0 aliphatic rings. The van der Waals surface area contributed by atoms with E-state index in [0.29, 0.717) is 5.92 Å². The van der Waals surface area contributed by atoms with Crippen LogP contribution in [0.4, 0.5) is 5.82 Å². The molecule has 0 aromatic carbocycles. The van der Waals surface area contributed by atoms with E-state index in [0.717, 1.165) is 46.0 Å². The highest BCUT2D eigenvalue weighted by atomic mass is 79.9. The third-order valence-corrected chi connectivity index (χ3v) is 3.95. The zero-order valence-corrected chi connectivity index (χ0v) is 14.8. The Morgan fingerprint density at radius 3 is 2.57 bits per heavy atom. The average Bonchev–Trinajstić information content (AvgIpc) is 2.73. The smallest absolute Gasteiger partial charge is 0.165 e. The van der Waals surface area contributed by atoms with Crippen LogP contribution in [0.3, 0.4) is 0 Å². The molecule has 0 aliphatic heterocycles. The average molecular weight is 352 g/mol. The monoisotopic (exact) mass is 351 g/mol. The van der Waals surface area contributed by atoms with Crippen molar-refractivity contribution in [2.75, 3.05) is 11.9 Å². The Morgan fingerprint density at radius 2 is 2.05 bits per heavy atom. The van der Waals surface area contributed by atoms with Crippen molar-refractivity contribution >= 4 is 21.7 Å². The zero-order chi connectivity index (χ0) is 15.6. The second kappa shape index (κ2) is 6.56. The summed E-state index contributed by atoms with van der Waals surface area (Å²) in [5.74, 6) is 2.12. The number of aryl methyl sites for hydroxylation is 2. The predicted molar refractivity (Wildman–Crippen MR) is 89.4 cm³/mol. The summed E-state index contributed by atoms with van der Waals surface area (Å²) in [5.41, 5.74) is 2.96. The molecule has 0 radical (unpaired) electrons. The minimum atomic E-state index is 0.536. The standard InChI is InChI=1S/C15H22BrN5/c1-6-17-15-13(16)12(7-9(2)3)18-14(19-15)11-8-21(5)20-10(11)4/h8-9H,6-7H2,1-5H3,(H,17,18,19). The molecule has 2 heterocycles. The van der Waals surface area contributed by atoms with Gasteiger partial charge in [-0.05, 0) is 42.1 Å². The fraction of sp³-hybridized carbons (Fsp3) is 0.533. The summed E-state index contributed by atoms with van der Waals surface area (Å²) in [6.45, 7) is 9.25. The third-order valence-electron chi connectivity index (χ3n) is 3.12. The van der Waals surface area contributed by atoms with Gasteiger partial charge in [-0.2, -0.15) is 5.10 Å². The molecule has 5 nitrogen and oxygen atoms in total. The number of hydrogen-bond acceptors (Lipinski definition) is 4. The summed E-state index contributed by atoms with van der Waals surface area (Å²) in [4.78, 5) is 9.40. The summed E-state index contributed by atoms with van der Waals surface area (Å²) in [5, 5.41) is 7.68. The molecule has 0 atom stereocenters. The van der Waals surface area contributed by atoms with Gasteiger partial charge in [-0.15, -0.1) is 0 Å². The van der Waals surface area contributed by atoms with Crippen molar-refractivity contribution in [1.82, 2.24) is 19.7 Å². The number of hydrogen-bond donors (Lipinski definition) is 1. The molecule has 0 bridgehead atoms. The van der Waals surface area contributed by atoms with Gasteiger partial charge in [0, 0.05) is 19.8 Å². The number of nitrogens with one attached hydrogen (secondary N) is 1. The molecular weight excluding hydrogens is 330 g/mol. The highest BCUT2D eigenvalue weighted by Gasteiger charge is 2.16. The van der Waals surface area contributed by atoms with Crippen LogP contribution in [0.2, 0.25) is 0 Å². The zero-order valence-electron chi connectivity index (χ0n) is 13.2. The van der Waals surface area contributed by atoms with E-state index in [9.17, 15) is 0 Å². The van der Waals surface area contributed by atoms with E-state index >= 15 is 0 Å². The van der Waals surface area contributed by atoms with Crippen molar-refractivity contribution in [3.63, 3.8) is 0 Å². The minimum Gasteiger partial charge on any atom is -0.369 e. The van der Waals surface area contributed by atoms with Gasteiger partial charge in [0.25, 0.3) is 0 Å². The van der Waals surface area contributed by atoms with Crippen molar-refractivity contribution in [3.05, 3.63) is 22.1 Å². The normalized spacial score (nSPS) is 11.2. The molecule has 0 spiro atoms. The molecule has 0 saturated carbocycles. The van der Waals surface area contributed by atoms with Gasteiger partial charge in [0.15, 0.2) is 5.82 Å². The van der Waals surface area contributed by atoms with Crippen molar-refractivity contribution in [2.24, 2.45) is 13.0 Å². The summed E-state index contributed by atoms with van der Waals surface area (Å²) in [7, 11) is 1.91. The van der Waals surface area contributed by atoms with Gasteiger partial charge in [0.1, 0.15) is 5.82 Å². The number of nitrogens with zero attached hydrogens (tertiary/aromatic N) is 4. The van der Waals surface area contributed by atoms with Crippen LogP contribution in [0.25, 0.3) is 11.4 Å². The lowest BCUT2D eigenvalue weighted by Crippen LogP contribution is -2.08. The van der Waals surface area contributed by atoms with Crippen LogP contribution in [0.5, 0.6) is 0 Å². The number of aromatic nitrogens is 4. The van der Waals surface area contributed by atoms with Crippen LogP contribution in [-0.4, -0.2) is 26.3 Å². The number of rotatable bonds is 5. The largest absolute Gasteiger partial charge is 0.369 e.